The molecule has 0 fully saturated rings. The molecule has 0 unspecified atom stereocenters. The highest BCUT2D eigenvalue weighted by Crippen LogP contribution is 2.18. The van der Waals surface area contributed by atoms with E-state index in [2.05, 4.69) is 30.5 Å². The smallest absolute Gasteiger partial charge is 0.291 e. The number of hydrogen-bond acceptors (Lipinski definition) is 8. The van der Waals surface area contributed by atoms with E-state index in [0.717, 1.165) is 6.21 Å². The standard InChI is InChI=1S/C19H17FN6O3/c1-3-29-17-5-4-12(7-22-17)15-10-21-11-16(25-15)19(27)26-24-8-13-6-14(28-2)9-23-18(13)20/h4-11H,3H2,1-2H3,(H,26,27)/b24-8+. The zero-order chi connectivity index (χ0) is 20.6. The minimum Gasteiger partial charge on any atom is -0.495 e. The van der Waals surface area contributed by atoms with Crippen molar-refractivity contribution in [1.82, 2.24) is 25.4 Å². The maximum absolute atomic E-state index is 13.7. The fourth-order valence-electron chi connectivity index (χ4n) is 2.24. The van der Waals surface area contributed by atoms with E-state index in [1.54, 1.807) is 18.3 Å². The Morgan fingerprint density at radius 3 is 2.83 bits per heavy atom. The molecule has 0 atom stereocenters. The Morgan fingerprint density at radius 2 is 2.10 bits per heavy atom. The van der Waals surface area contributed by atoms with Gasteiger partial charge in [-0.2, -0.15) is 9.49 Å². The third kappa shape index (κ3) is 5.06. The molecule has 10 heteroatoms. The van der Waals surface area contributed by atoms with Crippen LogP contribution in [0.15, 0.2) is 48.1 Å². The number of pyridine rings is 2. The average Bonchev–Trinajstić information content (AvgIpc) is 2.76. The number of nitrogens with zero attached hydrogens (tertiary/aromatic N) is 5. The highest BCUT2D eigenvalue weighted by Gasteiger charge is 2.10. The summed E-state index contributed by atoms with van der Waals surface area (Å²) in [7, 11) is 1.43. The molecule has 0 saturated carbocycles. The number of hydrogen-bond donors (Lipinski definition) is 1. The summed E-state index contributed by atoms with van der Waals surface area (Å²) in [5, 5.41) is 3.73. The number of carbonyl (C=O) groups is 1. The minimum absolute atomic E-state index is 0.0396. The van der Waals surface area contributed by atoms with Crippen LogP contribution in [-0.4, -0.2) is 45.8 Å². The van der Waals surface area contributed by atoms with E-state index in [1.807, 2.05) is 6.92 Å². The van der Waals surface area contributed by atoms with Crippen molar-refractivity contribution in [2.45, 2.75) is 6.92 Å². The average molecular weight is 396 g/mol. The number of aromatic nitrogens is 4. The number of hydrazone groups is 1. The molecular weight excluding hydrogens is 379 g/mol. The molecule has 0 radical (unpaired) electrons. The van der Waals surface area contributed by atoms with E-state index >= 15 is 0 Å². The summed E-state index contributed by atoms with van der Waals surface area (Å²) in [5.41, 5.74) is 3.50. The van der Waals surface area contributed by atoms with Crippen molar-refractivity contribution in [2.75, 3.05) is 13.7 Å². The van der Waals surface area contributed by atoms with Crippen LogP contribution in [0.3, 0.4) is 0 Å². The summed E-state index contributed by atoms with van der Waals surface area (Å²) in [6.07, 6.45) is 6.74. The predicted octanol–water partition coefficient (Wildman–Crippen LogP) is 2.24. The maximum atomic E-state index is 13.7. The van der Waals surface area contributed by atoms with Crippen LogP contribution in [0.4, 0.5) is 4.39 Å². The highest BCUT2D eigenvalue weighted by atomic mass is 19.1. The molecule has 0 aliphatic rings. The number of carbonyl (C=O) groups excluding carboxylic acids is 1. The predicted molar refractivity (Wildman–Crippen MR) is 102 cm³/mol. The number of nitrogens with one attached hydrogen (secondary N) is 1. The molecule has 0 bridgehead atoms. The van der Waals surface area contributed by atoms with Crippen molar-refractivity contribution in [3.8, 4) is 22.9 Å². The van der Waals surface area contributed by atoms with Gasteiger partial charge in [-0.1, -0.05) is 0 Å². The summed E-state index contributed by atoms with van der Waals surface area (Å²) < 4.78 is 23.9. The van der Waals surface area contributed by atoms with Crippen molar-refractivity contribution in [1.29, 1.82) is 0 Å². The molecule has 3 rings (SSSR count). The Balaban J connectivity index is 1.71. The third-order valence-corrected chi connectivity index (χ3v) is 3.64. The Morgan fingerprint density at radius 1 is 1.24 bits per heavy atom. The van der Waals surface area contributed by atoms with E-state index < -0.39 is 11.9 Å². The zero-order valence-corrected chi connectivity index (χ0v) is 15.7. The molecule has 9 nitrogen and oxygen atoms in total. The van der Waals surface area contributed by atoms with Gasteiger partial charge in [-0.05, 0) is 19.1 Å². The second-order valence-corrected chi connectivity index (χ2v) is 5.56. The zero-order valence-electron chi connectivity index (χ0n) is 15.7. The Hall–Kier alpha value is -3.95. The first-order chi connectivity index (χ1) is 14.1. The van der Waals surface area contributed by atoms with Crippen LogP contribution in [0.5, 0.6) is 11.6 Å². The number of ether oxygens (including phenoxy) is 2. The van der Waals surface area contributed by atoms with Gasteiger partial charge in [0, 0.05) is 17.8 Å². The fourth-order valence-corrected chi connectivity index (χ4v) is 2.24. The van der Waals surface area contributed by atoms with Gasteiger partial charge >= 0.3 is 0 Å². The Bertz CT molecular complexity index is 1030. The molecule has 0 spiro atoms. The first-order valence-corrected chi connectivity index (χ1v) is 8.55. The van der Waals surface area contributed by atoms with Crippen molar-refractivity contribution < 1.29 is 18.7 Å². The van der Waals surface area contributed by atoms with Gasteiger partial charge in [-0.15, -0.1) is 0 Å². The Labute approximate surface area is 165 Å². The van der Waals surface area contributed by atoms with Crippen molar-refractivity contribution >= 4 is 12.1 Å². The van der Waals surface area contributed by atoms with Crippen LogP contribution < -0.4 is 14.9 Å². The van der Waals surface area contributed by atoms with E-state index in [4.69, 9.17) is 9.47 Å². The first kappa shape index (κ1) is 19.8. The molecule has 1 N–H and O–H groups in total. The van der Waals surface area contributed by atoms with E-state index in [0.29, 0.717) is 29.5 Å². The molecule has 0 aliphatic heterocycles. The number of methoxy groups -OCH3 is 1. The van der Waals surface area contributed by atoms with E-state index in [1.165, 1.54) is 31.8 Å². The first-order valence-electron chi connectivity index (χ1n) is 8.55. The monoisotopic (exact) mass is 396 g/mol. The SMILES string of the molecule is CCOc1ccc(-c2cncc(C(=O)N/N=C/c3cc(OC)cnc3F)n2)cn1. The van der Waals surface area contributed by atoms with E-state index in [-0.39, 0.29) is 11.3 Å². The van der Waals surface area contributed by atoms with Crippen LogP contribution in [0.1, 0.15) is 23.0 Å². The summed E-state index contributed by atoms with van der Waals surface area (Å²) in [6.45, 7) is 2.38. The Kier molecular flexibility index (Phi) is 6.36. The van der Waals surface area contributed by atoms with Crippen molar-refractivity contribution in [2.24, 2.45) is 5.10 Å². The third-order valence-electron chi connectivity index (χ3n) is 3.64. The minimum atomic E-state index is -0.742. The molecule has 3 aromatic heterocycles. The maximum Gasteiger partial charge on any atom is 0.291 e. The van der Waals surface area contributed by atoms with Crippen LogP contribution in [0.25, 0.3) is 11.3 Å². The fraction of sp³-hybridized carbons (Fsp3) is 0.158. The molecule has 0 aromatic carbocycles. The highest BCUT2D eigenvalue weighted by molar-refractivity contribution is 5.93. The van der Waals surface area contributed by atoms with Crippen molar-refractivity contribution in [3.05, 3.63) is 60.2 Å². The van der Waals surface area contributed by atoms with Crippen LogP contribution in [-0.2, 0) is 0 Å². The molecule has 148 valence electrons. The van der Waals surface area contributed by atoms with E-state index in [9.17, 15) is 9.18 Å². The molecular formula is C19H17FN6O3. The van der Waals surface area contributed by atoms with Gasteiger partial charge in [-0.3, -0.25) is 9.78 Å². The van der Waals surface area contributed by atoms with Gasteiger partial charge in [0.05, 0.1) is 49.8 Å². The lowest BCUT2D eigenvalue weighted by Gasteiger charge is -2.05. The number of halogens is 1. The molecule has 0 saturated heterocycles. The summed E-state index contributed by atoms with van der Waals surface area (Å²) in [4.78, 5) is 28.2. The van der Waals surface area contributed by atoms with Gasteiger partial charge in [0.2, 0.25) is 11.8 Å². The second-order valence-electron chi connectivity index (χ2n) is 5.56. The summed E-state index contributed by atoms with van der Waals surface area (Å²) in [6, 6.07) is 4.87. The van der Waals surface area contributed by atoms with Gasteiger partial charge < -0.3 is 9.47 Å². The van der Waals surface area contributed by atoms with Gasteiger partial charge in [0.15, 0.2) is 0 Å². The topological polar surface area (TPSA) is 111 Å². The van der Waals surface area contributed by atoms with Gasteiger partial charge in [-0.25, -0.2) is 20.4 Å². The molecule has 1 amide bonds. The van der Waals surface area contributed by atoms with Crippen LogP contribution >= 0.6 is 0 Å². The number of amides is 1. The number of rotatable bonds is 7. The lowest BCUT2D eigenvalue weighted by atomic mass is 10.2. The van der Waals surface area contributed by atoms with Crippen LogP contribution in [0.2, 0.25) is 0 Å². The summed E-state index contributed by atoms with van der Waals surface area (Å²) >= 11 is 0. The molecule has 0 aliphatic carbocycles. The van der Waals surface area contributed by atoms with Gasteiger partial charge in [0.1, 0.15) is 11.4 Å². The van der Waals surface area contributed by atoms with Crippen molar-refractivity contribution in [3.63, 3.8) is 0 Å². The molecule has 3 heterocycles. The summed E-state index contributed by atoms with van der Waals surface area (Å²) in [5.74, 6) is -0.493. The quantitative estimate of drug-likeness (QED) is 0.370. The normalized spacial score (nSPS) is 10.7. The van der Waals surface area contributed by atoms with Crippen LogP contribution in [0, 0.1) is 5.95 Å². The second kappa shape index (κ2) is 9.31. The van der Waals surface area contributed by atoms with Gasteiger partial charge in [0.25, 0.3) is 5.91 Å². The molecule has 3 aromatic rings. The lowest BCUT2D eigenvalue weighted by molar-refractivity contribution is 0.0950. The lowest BCUT2D eigenvalue weighted by Crippen LogP contribution is -2.19. The largest absolute Gasteiger partial charge is 0.495 e. The molecule has 29 heavy (non-hydrogen) atoms.